The van der Waals surface area contributed by atoms with Gasteiger partial charge in [0.05, 0.1) is 35.4 Å². The summed E-state index contributed by atoms with van der Waals surface area (Å²) in [4.78, 5) is 10.5. The van der Waals surface area contributed by atoms with E-state index in [-0.39, 0.29) is 5.69 Å². The molecule has 0 unspecified atom stereocenters. The Morgan fingerprint density at radius 3 is 2.32 bits per heavy atom. The van der Waals surface area contributed by atoms with Gasteiger partial charge in [0.1, 0.15) is 11.5 Å². The van der Waals surface area contributed by atoms with Crippen molar-refractivity contribution in [2.75, 3.05) is 14.2 Å². The number of thioether (sulfide) groups is 1. The highest BCUT2D eigenvalue weighted by Crippen LogP contribution is 2.37. The van der Waals surface area contributed by atoms with Crippen LogP contribution in [0, 0.1) is 10.1 Å². The molecule has 3 aromatic carbocycles. The predicted molar refractivity (Wildman–Crippen MR) is 133 cm³/mol. The van der Waals surface area contributed by atoms with Crippen LogP contribution in [-0.2, 0) is 5.75 Å². The van der Waals surface area contributed by atoms with Gasteiger partial charge in [0, 0.05) is 22.9 Å². The summed E-state index contributed by atoms with van der Waals surface area (Å²) >= 11 is 14.1. The lowest BCUT2D eigenvalue weighted by Gasteiger charge is -2.14. The van der Waals surface area contributed by atoms with Crippen LogP contribution >= 0.6 is 35.0 Å². The smallest absolute Gasteiger partial charge is 0.269 e. The van der Waals surface area contributed by atoms with Crippen molar-refractivity contribution in [3.8, 4) is 28.6 Å². The van der Waals surface area contributed by atoms with Crippen molar-refractivity contribution in [1.29, 1.82) is 0 Å². The van der Waals surface area contributed by atoms with Crippen molar-refractivity contribution >= 4 is 40.7 Å². The number of nitrogens with zero attached hydrogens (tertiary/aromatic N) is 4. The van der Waals surface area contributed by atoms with Crippen molar-refractivity contribution in [2.45, 2.75) is 10.9 Å². The normalized spacial score (nSPS) is 10.8. The summed E-state index contributed by atoms with van der Waals surface area (Å²) in [5.74, 6) is 2.17. The van der Waals surface area contributed by atoms with E-state index < -0.39 is 4.92 Å². The minimum Gasteiger partial charge on any atom is -0.496 e. The van der Waals surface area contributed by atoms with Crippen LogP contribution < -0.4 is 9.47 Å². The van der Waals surface area contributed by atoms with E-state index >= 15 is 0 Å². The summed E-state index contributed by atoms with van der Waals surface area (Å²) < 4.78 is 12.7. The molecule has 0 fully saturated rings. The van der Waals surface area contributed by atoms with E-state index in [1.165, 1.54) is 23.9 Å². The Hall–Kier alpha value is -3.27. The van der Waals surface area contributed by atoms with Crippen LogP contribution in [0.2, 0.25) is 10.0 Å². The fourth-order valence-corrected chi connectivity index (χ4v) is 4.61. The van der Waals surface area contributed by atoms with Crippen molar-refractivity contribution in [1.82, 2.24) is 14.8 Å². The lowest BCUT2D eigenvalue weighted by molar-refractivity contribution is -0.384. The summed E-state index contributed by atoms with van der Waals surface area (Å²) in [7, 11) is 3.12. The SMILES string of the molecule is COc1ccc(-n2c(SCc3ccc([N+](=O)[O-])cc3)nnc2-c2cc(Cl)ccc2OC)cc1Cl. The van der Waals surface area contributed by atoms with Gasteiger partial charge in [-0.3, -0.25) is 14.7 Å². The highest BCUT2D eigenvalue weighted by Gasteiger charge is 2.20. The topological polar surface area (TPSA) is 92.3 Å². The summed E-state index contributed by atoms with van der Waals surface area (Å²) in [6.45, 7) is 0. The molecule has 0 N–H and O–H groups in total. The first kappa shape index (κ1) is 23.9. The van der Waals surface area contributed by atoms with E-state index in [1.807, 2.05) is 10.6 Å². The molecule has 0 aliphatic rings. The number of aromatic nitrogens is 3. The number of nitro benzene ring substituents is 1. The number of methoxy groups -OCH3 is 2. The van der Waals surface area contributed by atoms with Gasteiger partial charge in [-0.2, -0.15) is 0 Å². The summed E-state index contributed by atoms with van der Waals surface area (Å²) in [5.41, 5.74) is 2.33. The Morgan fingerprint density at radius 2 is 1.68 bits per heavy atom. The van der Waals surface area contributed by atoms with Gasteiger partial charge < -0.3 is 9.47 Å². The lowest BCUT2D eigenvalue weighted by Crippen LogP contribution is -2.01. The molecular weight excluding hydrogens is 499 g/mol. The third kappa shape index (κ3) is 4.96. The van der Waals surface area contributed by atoms with Crippen LogP contribution in [0.25, 0.3) is 17.1 Å². The molecule has 0 amide bonds. The number of halogens is 2. The fraction of sp³-hybridized carbons (Fsp3) is 0.130. The minimum absolute atomic E-state index is 0.0418. The molecule has 0 aliphatic carbocycles. The Bertz CT molecular complexity index is 1350. The second kappa shape index (κ2) is 10.3. The molecule has 0 saturated carbocycles. The molecule has 1 heterocycles. The molecule has 0 saturated heterocycles. The van der Waals surface area contributed by atoms with Crippen LogP contribution in [0.1, 0.15) is 5.56 Å². The van der Waals surface area contributed by atoms with E-state index in [9.17, 15) is 10.1 Å². The maximum absolute atomic E-state index is 10.9. The van der Waals surface area contributed by atoms with Crippen LogP contribution in [0.3, 0.4) is 0 Å². The highest BCUT2D eigenvalue weighted by molar-refractivity contribution is 7.98. The van der Waals surface area contributed by atoms with E-state index in [4.69, 9.17) is 32.7 Å². The molecule has 34 heavy (non-hydrogen) atoms. The Labute approximate surface area is 209 Å². The molecule has 0 atom stereocenters. The lowest BCUT2D eigenvalue weighted by atomic mass is 10.2. The first-order valence-corrected chi connectivity index (χ1v) is 11.6. The zero-order valence-electron chi connectivity index (χ0n) is 18.1. The third-order valence-corrected chi connectivity index (χ3v) is 6.48. The number of non-ortho nitro benzene ring substituents is 1. The van der Waals surface area contributed by atoms with Gasteiger partial charge in [-0.05, 0) is 42.0 Å². The molecule has 4 aromatic rings. The maximum Gasteiger partial charge on any atom is 0.269 e. The van der Waals surface area contributed by atoms with Crippen molar-refractivity contribution in [3.05, 3.63) is 86.4 Å². The average Bonchev–Trinajstić information content (AvgIpc) is 3.26. The van der Waals surface area contributed by atoms with Gasteiger partial charge in [-0.15, -0.1) is 10.2 Å². The molecule has 0 aliphatic heterocycles. The Kier molecular flexibility index (Phi) is 7.26. The first-order valence-electron chi connectivity index (χ1n) is 9.90. The molecule has 11 heteroatoms. The molecule has 174 valence electrons. The molecule has 0 bridgehead atoms. The van der Waals surface area contributed by atoms with Crippen LogP contribution in [-0.4, -0.2) is 33.9 Å². The van der Waals surface area contributed by atoms with Gasteiger partial charge in [-0.25, -0.2) is 0 Å². The second-order valence-electron chi connectivity index (χ2n) is 7.02. The van der Waals surface area contributed by atoms with Crippen LogP contribution in [0.5, 0.6) is 11.5 Å². The second-order valence-corrected chi connectivity index (χ2v) is 8.80. The number of hydrogen-bond donors (Lipinski definition) is 0. The number of benzene rings is 3. The zero-order chi connectivity index (χ0) is 24.2. The standard InChI is InChI=1S/C23H18Cl2N4O4S/c1-32-20-9-5-15(24)11-18(20)22-26-27-23(28(22)17-8-10-21(33-2)19(25)12-17)34-13-14-3-6-16(7-4-14)29(30)31/h3-12H,13H2,1-2H3. The van der Waals surface area contributed by atoms with E-state index in [1.54, 1.807) is 56.7 Å². The average molecular weight is 517 g/mol. The highest BCUT2D eigenvalue weighted by atomic mass is 35.5. The van der Waals surface area contributed by atoms with Gasteiger partial charge in [-0.1, -0.05) is 47.1 Å². The van der Waals surface area contributed by atoms with Gasteiger partial charge in [0.2, 0.25) is 0 Å². The Morgan fingerprint density at radius 1 is 0.971 bits per heavy atom. The van der Waals surface area contributed by atoms with Crippen molar-refractivity contribution in [2.24, 2.45) is 0 Å². The molecule has 1 aromatic heterocycles. The first-order chi connectivity index (χ1) is 16.4. The monoisotopic (exact) mass is 516 g/mol. The molecule has 4 rings (SSSR count). The summed E-state index contributed by atoms with van der Waals surface area (Å²) in [6.07, 6.45) is 0. The minimum atomic E-state index is -0.425. The number of rotatable bonds is 8. The number of nitro groups is 1. The molecule has 0 spiro atoms. The number of hydrogen-bond acceptors (Lipinski definition) is 7. The summed E-state index contributed by atoms with van der Waals surface area (Å²) in [5, 5.41) is 21.3. The van der Waals surface area contributed by atoms with Gasteiger partial charge in [0.15, 0.2) is 11.0 Å². The maximum atomic E-state index is 10.9. The molecule has 0 radical (unpaired) electrons. The van der Waals surface area contributed by atoms with Gasteiger partial charge in [0.25, 0.3) is 5.69 Å². The Balaban J connectivity index is 1.77. The van der Waals surface area contributed by atoms with Gasteiger partial charge >= 0.3 is 0 Å². The van der Waals surface area contributed by atoms with Crippen LogP contribution in [0.15, 0.2) is 65.8 Å². The largest absolute Gasteiger partial charge is 0.496 e. The molecule has 8 nitrogen and oxygen atoms in total. The van der Waals surface area contributed by atoms with E-state index in [0.29, 0.717) is 43.8 Å². The molecular formula is C23H18Cl2N4O4S. The van der Waals surface area contributed by atoms with E-state index in [2.05, 4.69) is 10.2 Å². The summed E-state index contributed by atoms with van der Waals surface area (Å²) in [6, 6.07) is 17.0. The van der Waals surface area contributed by atoms with Crippen molar-refractivity contribution in [3.63, 3.8) is 0 Å². The van der Waals surface area contributed by atoms with Crippen LogP contribution in [0.4, 0.5) is 5.69 Å². The van der Waals surface area contributed by atoms with E-state index in [0.717, 1.165) is 11.3 Å². The predicted octanol–water partition coefficient (Wildman–Crippen LogP) is 6.46. The van der Waals surface area contributed by atoms with Crippen molar-refractivity contribution < 1.29 is 14.4 Å². The fourth-order valence-electron chi connectivity index (χ4n) is 3.28. The third-order valence-electron chi connectivity index (χ3n) is 4.94. The quantitative estimate of drug-likeness (QED) is 0.151. The number of ether oxygens (including phenoxy) is 2. The zero-order valence-corrected chi connectivity index (χ0v) is 20.4.